The third-order valence-corrected chi connectivity index (χ3v) is 4.51. The first kappa shape index (κ1) is 19.3. The molecule has 0 spiro atoms. The molecule has 2 aromatic rings. The van der Waals surface area contributed by atoms with Gasteiger partial charge in [0.15, 0.2) is 0 Å². The Labute approximate surface area is 144 Å². The summed E-state index contributed by atoms with van der Waals surface area (Å²) in [5.41, 5.74) is -0.252. The van der Waals surface area contributed by atoms with Gasteiger partial charge in [-0.05, 0) is 35.9 Å². The van der Waals surface area contributed by atoms with E-state index in [1.54, 1.807) is 12.1 Å². The van der Waals surface area contributed by atoms with E-state index in [1.165, 1.54) is 12.1 Å². The molecule has 8 heteroatoms. The van der Waals surface area contributed by atoms with E-state index in [9.17, 15) is 21.6 Å². The molecule has 0 aliphatic rings. The molecule has 0 bridgehead atoms. The van der Waals surface area contributed by atoms with E-state index < -0.39 is 26.8 Å². The second-order valence-electron chi connectivity index (χ2n) is 5.75. The van der Waals surface area contributed by atoms with Crippen LogP contribution in [-0.4, -0.2) is 14.5 Å². The molecule has 0 aromatic heterocycles. The van der Waals surface area contributed by atoms with Gasteiger partial charge in [-0.2, -0.15) is 21.6 Å². The number of hydrogen-bond acceptors (Lipinski definition) is 4. The lowest BCUT2D eigenvalue weighted by molar-refractivity contribution is -0.137. The number of benzene rings is 2. The molecule has 0 saturated carbocycles. The topological polar surface area (TPSA) is 55.4 Å². The number of nitrogens with one attached hydrogen (secondary N) is 1. The maximum absolute atomic E-state index is 12.7. The van der Waals surface area contributed by atoms with E-state index >= 15 is 0 Å². The molecular weight excluding hydrogens is 355 g/mol. The summed E-state index contributed by atoms with van der Waals surface area (Å²) in [6.07, 6.45) is -4.63. The van der Waals surface area contributed by atoms with Crippen molar-refractivity contribution in [1.82, 2.24) is 5.32 Å². The summed E-state index contributed by atoms with van der Waals surface area (Å²) in [6, 6.07) is 10.1. The Bertz CT molecular complexity index is 833. The van der Waals surface area contributed by atoms with Gasteiger partial charge in [-0.15, -0.1) is 0 Å². The van der Waals surface area contributed by atoms with Gasteiger partial charge in [0.2, 0.25) is 0 Å². The summed E-state index contributed by atoms with van der Waals surface area (Å²) >= 11 is 0. The Morgan fingerprint density at radius 3 is 2.40 bits per heavy atom. The van der Waals surface area contributed by atoms with Crippen LogP contribution in [0.15, 0.2) is 53.4 Å². The van der Waals surface area contributed by atoms with Crippen LogP contribution in [0.3, 0.4) is 0 Å². The number of alkyl halides is 3. The van der Waals surface area contributed by atoms with Gasteiger partial charge in [0.25, 0.3) is 0 Å². The van der Waals surface area contributed by atoms with Crippen LogP contribution in [0.2, 0.25) is 0 Å². The van der Waals surface area contributed by atoms with Crippen LogP contribution in [0.25, 0.3) is 0 Å². The smallest absolute Gasteiger partial charge is 0.379 e. The lowest BCUT2D eigenvalue weighted by atomic mass is 10.2. The Morgan fingerprint density at radius 2 is 1.76 bits per heavy atom. The van der Waals surface area contributed by atoms with Crippen molar-refractivity contribution in [3.63, 3.8) is 0 Å². The molecule has 0 aliphatic heterocycles. The fourth-order valence-electron chi connectivity index (χ4n) is 2.03. The van der Waals surface area contributed by atoms with Crippen molar-refractivity contribution in [3.8, 4) is 5.75 Å². The molecule has 136 valence electrons. The maximum Gasteiger partial charge on any atom is 0.416 e. The summed E-state index contributed by atoms with van der Waals surface area (Å²) in [5.74, 6) is 0.0421. The van der Waals surface area contributed by atoms with Crippen molar-refractivity contribution >= 4 is 10.1 Å². The summed E-state index contributed by atoms with van der Waals surface area (Å²) in [6.45, 7) is 4.45. The van der Waals surface area contributed by atoms with Crippen LogP contribution in [0.4, 0.5) is 13.2 Å². The van der Waals surface area contributed by atoms with Crippen molar-refractivity contribution in [2.24, 2.45) is 0 Å². The van der Waals surface area contributed by atoms with Crippen LogP contribution < -0.4 is 9.50 Å². The van der Waals surface area contributed by atoms with E-state index in [2.05, 4.69) is 5.32 Å². The van der Waals surface area contributed by atoms with Crippen molar-refractivity contribution in [2.75, 3.05) is 0 Å². The van der Waals surface area contributed by atoms with Crippen LogP contribution in [0.1, 0.15) is 25.0 Å². The minimum Gasteiger partial charge on any atom is -0.379 e. The summed E-state index contributed by atoms with van der Waals surface area (Å²) in [4.78, 5) is -0.548. The van der Waals surface area contributed by atoms with Crippen LogP contribution in [0, 0.1) is 0 Å². The van der Waals surface area contributed by atoms with Gasteiger partial charge >= 0.3 is 16.3 Å². The number of halogens is 3. The highest BCUT2D eigenvalue weighted by Gasteiger charge is 2.32. The normalized spacial score (nSPS) is 12.4. The lowest BCUT2D eigenvalue weighted by Crippen LogP contribution is -2.21. The Morgan fingerprint density at radius 1 is 1.08 bits per heavy atom. The molecule has 0 amide bonds. The lowest BCUT2D eigenvalue weighted by Gasteiger charge is -2.12. The van der Waals surface area contributed by atoms with Crippen LogP contribution in [0.5, 0.6) is 5.75 Å². The molecular formula is C17H18F3NO3S. The summed E-state index contributed by atoms with van der Waals surface area (Å²) in [7, 11) is -4.36. The molecule has 0 fully saturated rings. The third kappa shape index (κ3) is 5.47. The highest BCUT2D eigenvalue weighted by atomic mass is 32.2. The molecule has 2 aromatic carbocycles. The zero-order chi connectivity index (χ0) is 18.7. The van der Waals surface area contributed by atoms with E-state index in [0.717, 1.165) is 23.8 Å². The largest absolute Gasteiger partial charge is 0.416 e. The molecule has 25 heavy (non-hydrogen) atoms. The van der Waals surface area contributed by atoms with Crippen molar-refractivity contribution < 1.29 is 25.8 Å². The second kappa shape index (κ2) is 7.45. The highest BCUT2D eigenvalue weighted by molar-refractivity contribution is 7.87. The van der Waals surface area contributed by atoms with Gasteiger partial charge in [-0.25, -0.2) is 0 Å². The predicted molar refractivity (Wildman–Crippen MR) is 87.7 cm³/mol. The van der Waals surface area contributed by atoms with Gasteiger partial charge in [0, 0.05) is 12.6 Å². The first-order valence-electron chi connectivity index (χ1n) is 7.52. The number of hydrogen-bond donors (Lipinski definition) is 1. The van der Waals surface area contributed by atoms with Gasteiger partial charge in [-0.1, -0.05) is 32.0 Å². The minimum absolute atomic E-state index is 0.0421. The molecule has 1 N–H and O–H groups in total. The van der Waals surface area contributed by atoms with Crippen molar-refractivity contribution in [3.05, 3.63) is 59.7 Å². The van der Waals surface area contributed by atoms with Crippen LogP contribution >= 0.6 is 0 Å². The average Bonchev–Trinajstić information content (AvgIpc) is 2.52. The monoisotopic (exact) mass is 373 g/mol. The molecule has 0 saturated heterocycles. The maximum atomic E-state index is 12.7. The fourth-order valence-corrected chi connectivity index (χ4v) is 3.00. The van der Waals surface area contributed by atoms with Gasteiger partial charge in [0.05, 0.1) is 5.56 Å². The molecule has 0 heterocycles. The molecule has 4 nitrogen and oxygen atoms in total. The Balaban J connectivity index is 2.23. The standard InChI is InChI=1S/C17H18F3NO3S/c1-12(2)21-11-13-5-3-7-15(9-13)24-25(22,23)16-8-4-6-14(10-16)17(18,19)20/h3-10,12,21H,11H2,1-2H3. The second-order valence-corrected chi connectivity index (χ2v) is 7.29. The third-order valence-electron chi connectivity index (χ3n) is 3.27. The Kier molecular flexibility index (Phi) is 5.74. The Hall–Kier alpha value is -2.06. The van der Waals surface area contributed by atoms with E-state index in [-0.39, 0.29) is 11.8 Å². The SMILES string of the molecule is CC(C)NCc1cccc(OS(=O)(=O)c2cccc(C(F)(F)F)c2)c1. The zero-order valence-corrected chi connectivity index (χ0v) is 14.5. The first-order valence-corrected chi connectivity index (χ1v) is 8.93. The quantitative estimate of drug-likeness (QED) is 0.779. The molecule has 0 atom stereocenters. The highest BCUT2D eigenvalue weighted by Crippen LogP contribution is 2.31. The van der Waals surface area contributed by atoms with E-state index in [0.29, 0.717) is 12.6 Å². The fraction of sp³-hybridized carbons (Fsp3) is 0.294. The molecule has 0 unspecified atom stereocenters. The van der Waals surface area contributed by atoms with Crippen molar-refractivity contribution in [1.29, 1.82) is 0 Å². The molecule has 0 aliphatic carbocycles. The van der Waals surface area contributed by atoms with Crippen LogP contribution in [-0.2, 0) is 22.8 Å². The summed E-state index contributed by atoms with van der Waals surface area (Å²) in [5, 5.41) is 3.18. The van der Waals surface area contributed by atoms with E-state index in [4.69, 9.17) is 4.18 Å². The first-order chi connectivity index (χ1) is 11.6. The minimum atomic E-state index is -4.63. The zero-order valence-electron chi connectivity index (χ0n) is 13.7. The number of rotatable bonds is 6. The molecule has 0 radical (unpaired) electrons. The van der Waals surface area contributed by atoms with Crippen molar-refractivity contribution in [2.45, 2.75) is 37.5 Å². The summed E-state index contributed by atoms with van der Waals surface area (Å²) < 4.78 is 67.7. The predicted octanol–water partition coefficient (Wildman–Crippen LogP) is 3.97. The molecule has 2 rings (SSSR count). The van der Waals surface area contributed by atoms with Gasteiger partial charge < -0.3 is 9.50 Å². The van der Waals surface area contributed by atoms with Gasteiger partial charge in [-0.3, -0.25) is 0 Å². The van der Waals surface area contributed by atoms with Gasteiger partial charge in [0.1, 0.15) is 10.6 Å². The van der Waals surface area contributed by atoms with E-state index in [1.807, 2.05) is 13.8 Å². The average molecular weight is 373 g/mol.